The van der Waals surface area contributed by atoms with Gasteiger partial charge in [-0.2, -0.15) is 0 Å². The SMILES string of the molecule is COc1ccc(-c2nnc(SCc3nc4cc(Cl)ccc4c(=O)[nH]3)n2-c2ccccc2)cc1. The van der Waals surface area contributed by atoms with Gasteiger partial charge in [0.05, 0.1) is 23.8 Å². The van der Waals surface area contributed by atoms with Crippen molar-refractivity contribution >= 4 is 34.3 Å². The molecule has 0 saturated heterocycles. The minimum absolute atomic E-state index is 0.198. The first kappa shape index (κ1) is 21.2. The van der Waals surface area contributed by atoms with Crippen LogP contribution in [0.5, 0.6) is 5.75 Å². The Balaban J connectivity index is 1.51. The van der Waals surface area contributed by atoms with E-state index < -0.39 is 0 Å². The molecule has 0 fully saturated rings. The first-order chi connectivity index (χ1) is 16.1. The zero-order valence-corrected chi connectivity index (χ0v) is 19.1. The molecule has 2 aromatic heterocycles. The van der Waals surface area contributed by atoms with E-state index in [-0.39, 0.29) is 5.56 Å². The quantitative estimate of drug-likeness (QED) is 0.343. The number of hydrogen-bond acceptors (Lipinski definition) is 6. The largest absolute Gasteiger partial charge is 0.497 e. The van der Waals surface area contributed by atoms with Crippen molar-refractivity contribution in [1.82, 2.24) is 24.7 Å². The lowest BCUT2D eigenvalue weighted by Crippen LogP contribution is -2.11. The molecule has 0 saturated carbocycles. The number of ether oxygens (including phenoxy) is 1. The van der Waals surface area contributed by atoms with Gasteiger partial charge in [-0.15, -0.1) is 10.2 Å². The number of methoxy groups -OCH3 is 1. The molecular formula is C24H18ClN5O2S. The molecule has 2 heterocycles. The van der Waals surface area contributed by atoms with Gasteiger partial charge in [-0.25, -0.2) is 4.98 Å². The van der Waals surface area contributed by atoms with Crippen LogP contribution in [0, 0.1) is 0 Å². The van der Waals surface area contributed by atoms with Crippen LogP contribution in [0.15, 0.2) is 82.7 Å². The minimum atomic E-state index is -0.198. The second kappa shape index (κ2) is 9.09. The number of rotatable bonds is 6. The van der Waals surface area contributed by atoms with Crippen molar-refractivity contribution in [2.45, 2.75) is 10.9 Å². The zero-order valence-electron chi connectivity index (χ0n) is 17.5. The number of nitrogens with zero attached hydrogens (tertiary/aromatic N) is 4. The van der Waals surface area contributed by atoms with E-state index in [0.717, 1.165) is 17.0 Å². The van der Waals surface area contributed by atoms with Crippen LogP contribution in [-0.4, -0.2) is 31.8 Å². The molecule has 0 atom stereocenters. The zero-order chi connectivity index (χ0) is 22.8. The number of thioether (sulfide) groups is 1. The van der Waals surface area contributed by atoms with Gasteiger partial charge >= 0.3 is 0 Å². The number of aromatic amines is 1. The monoisotopic (exact) mass is 475 g/mol. The summed E-state index contributed by atoms with van der Waals surface area (Å²) in [7, 11) is 1.63. The molecule has 5 aromatic rings. The predicted octanol–water partition coefficient (Wildman–Crippen LogP) is 5.13. The lowest BCUT2D eigenvalue weighted by atomic mass is 10.2. The van der Waals surface area contributed by atoms with E-state index in [0.29, 0.717) is 38.5 Å². The van der Waals surface area contributed by atoms with Crippen LogP contribution in [-0.2, 0) is 5.75 Å². The van der Waals surface area contributed by atoms with Crippen LogP contribution < -0.4 is 10.3 Å². The molecule has 0 aliphatic heterocycles. The van der Waals surface area contributed by atoms with Crippen LogP contribution >= 0.6 is 23.4 Å². The van der Waals surface area contributed by atoms with Crippen molar-refractivity contribution in [3.05, 3.63) is 94.0 Å². The molecule has 0 aliphatic rings. The van der Waals surface area contributed by atoms with Crippen LogP contribution in [0.4, 0.5) is 0 Å². The standard InChI is InChI=1S/C24H18ClN5O2S/c1-32-18-10-7-15(8-11-18)22-28-29-24(30(22)17-5-3-2-4-6-17)33-14-21-26-20-13-16(25)9-12-19(20)23(31)27-21/h2-13H,14H2,1H3,(H,26,27,31). The third-order valence-electron chi connectivity index (χ3n) is 5.05. The van der Waals surface area contributed by atoms with E-state index in [1.54, 1.807) is 25.3 Å². The Morgan fingerprint density at radius 2 is 1.82 bits per heavy atom. The van der Waals surface area contributed by atoms with Gasteiger partial charge in [0.25, 0.3) is 5.56 Å². The maximum absolute atomic E-state index is 12.5. The van der Waals surface area contributed by atoms with Crippen LogP contribution in [0.3, 0.4) is 0 Å². The summed E-state index contributed by atoms with van der Waals surface area (Å²) in [5, 5.41) is 10.6. The number of nitrogens with one attached hydrogen (secondary N) is 1. The lowest BCUT2D eigenvalue weighted by Gasteiger charge is -2.11. The lowest BCUT2D eigenvalue weighted by molar-refractivity contribution is 0.415. The maximum atomic E-state index is 12.5. The van der Waals surface area contributed by atoms with Crippen molar-refractivity contribution < 1.29 is 4.74 Å². The fourth-order valence-corrected chi connectivity index (χ4v) is 4.45. The van der Waals surface area contributed by atoms with Gasteiger partial charge < -0.3 is 9.72 Å². The number of halogens is 1. The van der Waals surface area contributed by atoms with Gasteiger partial charge in [-0.3, -0.25) is 9.36 Å². The predicted molar refractivity (Wildman–Crippen MR) is 130 cm³/mol. The highest BCUT2D eigenvalue weighted by atomic mass is 35.5. The summed E-state index contributed by atoms with van der Waals surface area (Å²) < 4.78 is 7.26. The van der Waals surface area contributed by atoms with E-state index >= 15 is 0 Å². The molecule has 0 unspecified atom stereocenters. The van der Waals surface area contributed by atoms with E-state index in [2.05, 4.69) is 20.2 Å². The molecule has 1 N–H and O–H groups in total. The smallest absolute Gasteiger partial charge is 0.258 e. The molecule has 33 heavy (non-hydrogen) atoms. The normalized spacial score (nSPS) is 11.1. The number of para-hydroxylation sites is 1. The van der Waals surface area contributed by atoms with Crippen LogP contribution in [0.1, 0.15) is 5.82 Å². The highest BCUT2D eigenvalue weighted by Crippen LogP contribution is 2.30. The molecule has 0 amide bonds. The van der Waals surface area contributed by atoms with Crippen molar-refractivity contribution in [2.75, 3.05) is 7.11 Å². The molecule has 0 spiro atoms. The van der Waals surface area contributed by atoms with Gasteiger partial charge in [0.2, 0.25) is 0 Å². The molecule has 7 nitrogen and oxygen atoms in total. The highest BCUT2D eigenvalue weighted by Gasteiger charge is 2.17. The average molecular weight is 476 g/mol. The number of fused-ring (bicyclic) bond motifs is 1. The minimum Gasteiger partial charge on any atom is -0.497 e. The average Bonchev–Trinajstić information content (AvgIpc) is 3.27. The summed E-state index contributed by atoms with van der Waals surface area (Å²) in [5.41, 5.74) is 2.20. The maximum Gasteiger partial charge on any atom is 0.258 e. The Bertz CT molecular complexity index is 1480. The second-order valence-electron chi connectivity index (χ2n) is 7.17. The molecule has 3 aromatic carbocycles. The van der Waals surface area contributed by atoms with Crippen molar-refractivity contribution in [1.29, 1.82) is 0 Å². The molecule has 0 aliphatic carbocycles. The fraction of sp³-hybridized carbons (Fsp3) is 0.0833. The highest BCUT2D eigenvalue weighted by molar-refractivity contribution is 7.98. The van der Waals surface area contributed by atoms with Gasteiger partial charge in [-0.1, -0.05) is 41.6 Å². The second-order valence-corrected chi connectivity index (χ2v) is 8.55. The summed E-state index contributed by atoms with van der Waals surface area (Å²) >= 11 is 7.52. The summed E-state index contributed by atoms with van der Waals surface area (Å²) in [6.07, 6.45) is 0. The van der Waals surface area contributed by atoms with Crippen LogP contribution in [0.25, 0.3) is 28.0 Å². The summed E-state index contributed by atoms with van der Waals surface area (Å²) in [6.45, 7) is 0. The van der Waals surface area contributed by atoms with Crippen molar-refractivity contribution in [2.24, 2.45) is 0 Å². The summed E-state index contributed by atoms with van der Waals surface area (Å²) in [5.74, 6) is 2.42. The fourth-order valence-electron chi connectivity index (χ4n) is 3.46. The molecule has 164 valence electrons. The van der Waals surface area contributed by atoms with Crippen molar-refractivity contribution in [3.8, 4) is 22.8 Å². The number of aromatic nitrogens is 5. The Labute approximate surface area is 198 Å². The first-order valence-corrected chi connectivity index (χ1v) is 11.5. The van der Waals surface area contributed by atoms with E-state index in [1.165, 1.54) is 11.8 Å². The number of benzene rings is 3. The Hall–Kier alpha value is -3.62. The Kier molecular flexibility index (Phi) is 5.85. The van der Waals surface area contributed by atoms with Gasteiger partial charge in [0.1, 0.15) is 11.6 Å². The molecule has 0 radical (unpaired) electrons. The first-order valence-electron chi connectivity index (χ1n) is 10.1. The van der Waals surface area contributed by atoms with E-state index in [9.17, 15) is 4.79 Å². The number of H-pyrrole nitrogens is 1. The van der Waals surface area contributed by atoms with Gasteiger partial charge in [0, 0.05) is 16.3 Å². The third kappa shape index (κ3) is 4.35. The van der Waals surface area contributed by atoms with Gasteiger partial charge in [0.15, 0.2) is 11.0 Å². The van der Waals surface area contributed by atoms with E-state index in [1.807, 2.05) is 59.2 Å². The van der Waals surface area contributed by atoms with E-state index in [4.69, 9.17) is 16.3 Å². The summed E-state index contributed by atoms with van der Waals surface area (Å²) in [6, 6.07) is 22.6. The summed E-state index contributed by atoms with van der Waals surface area (Å²) in [4.78, 5) is 19.9. The molecule has 9 heteroatoms. The topological polar surface area (TPSA) is 85.7 Å². The molecule has 5 rings (SSSR count). The van der Waals surface area contributed by atoms with Crippen LogP contribution in [0.2, 0.25) is 5.02 Å². The van der Waals surface area contributed by atoms with Gasteiger partial charge in [-0.05, 0) is 54.6 Å². The third-order valence-corrected chi connectivity index (χ3v) is 6.23. The Morgan fingerprint density at radius 3 is 2.58 bits per heavy atom. The molecular weight excluding hydrogens is 458 g/mol. The number of hydrogen-bond donors (Lipinski definition) is 1. The molecule has 0 bridgehead atoms. The van der Waals surface area contributed by atoms with Crippen molar-refractivity contribution in [3.63, 3.8) is 0 Å². The Morgan fingerprint density at radius 1 is 1.03 bits per heavy atom.